The zero-order valence-electron chi connectivity index (χ0n) is 15.4. The van der Waals surface area contributed by atoms with Crippen LogP contribution in [0.2, 0.25) is 0 Å². The molecule has 3 N–H and O–H groups in total. The van der Waals surface area contributed by atoms with E-state index in [0.717, 1.165) is 30.4 Å². The smallest absolute Gasteiger partial charge is 0.115 e. The molecule has 1 aliphatic rings. The topological polar surface area (TPSA) is 52.5 Å². The number of nitrogens with one attached hydrogen (secondary N) is 1. The molecule has 0 aromatic heterocycles. The van der Waals surface area contributed by atoms with Gasteiger partial charge in [-0.2, -0.15) is 0 Å². The maximum absolute atomic E-state index is 10.3. The highest BCUT2D eigenvalue weighted by Crippen LogP contribution is 2.31. The first-order valence-electron chi connectivity index (χ1n) is 9.14. The minimum atomic E-state index is -0.250. The summed E-state index contributed by atoms with van der Waals surface area (Å²) in [5, 5.41) is 23.3. The number of benzene rings is 2. The molecule has 0 heterocycles. The van der Waals surface area contributed by atoms with Crippen LogP contribution in [-0.4, -0.2) is 27.9 Å². The van der Waals surface area contributed by atoms with E-state index in [1.54, 1.807) is 12.1 Å². The van der Waals surface area contributed by atoms with E-state index in [2.05, 4.69) is 50.4 Å². The van der Waals surface area contributed by atoms with Gasteiger partial charge in [0.25, 0.3) is 0 Å². The SMILES string of the molecule is CC(C)(C)N[C@@H]1C[C@H](Cc2ccc(-c3ccc(O)cc3)cc2)C[C@H]1O. The molecule has 1 aliphatic carbocycles. The standard InChI is InChI=1S/C22H29NO2/c1-22(2,3)23-20-13-16(14-21(20)25)12-15-4-6-17(7-5-15)18-8-10-19(24)11-9-18/h4-11,16,20-21,23-25H,12-14H2,1-3H3/t16-,20+,21+/m0/s1. The van der Waals surface area contributed by atoms with Gasteiger partial charge >= 0.3 is 0 Å². The Labute approximate surface area is 150 Å². The number of aliphatic hydroxyl groups is 1. The molecule has 134 valence electrons. The third kappa shape index (κ3) is 4.83. The van der Waals surface area contributed by atoms with Crippen molar-refractivity contribution in [3.8, 4) is 16.9 Å². The van der Waals surface area contributed by atoms with E-state index in [9.17, 15) is 10.2 Å². The molecule has 2 aromatic rings. The van der Waals surface area contributed by atoms with E-state index in [4.69, 9.17) is 0 Å². The molecule has 1 saturated carbocycles. The van der Waals surface area contributed by atoms with Crippen molar-refractivity contribution >= 4 is 0 Å². The van der Waals surface area contributed by atoms with Crippen molar-refractivity contribution in [3.05, 3.63) is 54.1 Å². The lowest BCUT2D eigenvalue weighted by Gasteiger charge is -2.27. The monoisotopic (exact) mass is 339 g/mol. The zero-order chi connectivity index (χ0) is 18.0. The van der Waals surface area contributed by atoms with Crippen molar-refractivity contribution in [2.75, 3.05) is 0 Å². The van der Waals surface area contributed by atoms with Crippen LogP contribution in [0.5, 0.6) is 5.75 Å². The first kappa shape index (κ1) is 18.0. The van der Waals surface area contributed by atoms with Gasteiger partial charge in [0.15, 0.2) is 0 Å². The van der Waals surface area contributed by atoms with Gasteiger partial charge in [0, 0.05) is 11.6 Å². The maximum Gasteiger partial charge on any atom is 0.115 e. The Kier molecular flexibility index (Phi) is 5.16. The van der Waals surface area contributed by atoms with Crippen molar-refractivity contribution in [3.63, 3.8) is 0 Å². The van der Waals surface area contributed by atoms with Crippen molar-refractivity contribution < 1.29 is 10.2 Å². The van der Waals surface area contributed by atoms with Gasteiger partial charge < -0.3 is 15.5 Å². The van der Waals surface area contributed by atoms with Crippen molar-refractivity contribution in [2.45, 2.75) is 57.7 Å². The number of hydrogen-bond acceptors (Lipinski definition) is 3. The van der Waals surface area contributed by atoms with Gasteiger partial charge in [-0.3, -0.25) is 0 Å². The normalized spacial score (nSPS) is 23.8. The molecule has 2 aromatic carbocycles. The summed E-state index contributed by atoms with van der Waals surface area (Å²) in [5.74, 6) is 0.813. The summed E-state index contributed by atoms with van der Waals surface area (Å²) in [4.78, 5) is 0. The van der Waals surface area contributed by atoms with Crippen molar-refractivity contribution in [1.29, 1.82) is 0 Å². The van der Waals surface area contributed by atoms with Crippen LogP contribution in [0.15, 0.2) is 48.5 Å². The predicted octanol–water partition coefficient (Wildman–Crippen LogP) is 4.13. The van der Waals surface area contributed by atoms with E-state index < -0.39 is 0 Å². The number of aliphatic hydroxyl groups excluding tert-OH is 1. The lowest BCUT2D eigenvalue weighted by Crippen LogP contribution is -2.47. The van der Waals surface area contributed by atoms with Crippen LogP contribution in [0.25, 0.3) is 11.1 Å². The van der Waals surface area contributed by atoms with Crippen molar-refractivity contribution in [2.24, 2.45) is 5.92 Å². The molecule has 0 amide bonds. The lowest BCUT2D eigenvalue weighted by atomic mass is 9.95. The molecule has 0 spiro atoms. The fourth-order valence-electron chi connectivity index (χ4n) is 3.82. The summed E-state index contributed by atoms with van der Waals surface area (Å²) < 4.78 is 0. The summed E-state index contributed by atoms with van der Waals surface area (Å²) in [7, 11) is 0. The largest absolute Gasteiger partial charge is 0.508 e. The Morgan fingerprint density at radius 3 is 2.04 bits per heavy atom. The molecule has 0 saturated heterocycles. The van der Waals surface area contributed by atoms with Crippen LogP contribution < -0.4 is 5.32 Å². The Morgan fingerprint density at radius 1 is 0.920 bits per heavy atom. The zero-order valence-corrected chi connectivity index (χ0v) is 15.4. The lowest BCUT2D eigenvalue weighted by molar-refractivity contribution is 0.133. The van der Waals surface area contributed by atoms with Crippen LogP contribution in [0.1, 0.15) is 39.2 Å². The highest BCUT2D eigenvalue weighted by Gasteiger charge is 2.34. The van der Waals surface area contributed by atoms with Gasteiger partial charge in [0.2, 0.25) is 0 Å². The number of hydrogen-bond donors (Lipinski definition) is 3. The summed E-state index contributed by atoms with van der Waals surface area (Å²) in [5.41, 5.74) is 3.61. The van der Waals surface area contributed by atoms with Gasteiger partial charge in [-0.05, 0) is 74.8 Å². The first-order chi connectivity index (χ1) is 11.8. The van der Waals surface area contributed by atoms with E-state index >= 15 is 0 Å². The molecule has 0 radical (unpaired) electrons. The summed E-state index contributed by atoms with van der Waals surface area (Å²) in [6, 6.07) is 16.1. The number of phenols is 1. The van der Waals surface area contributed by atoms with Crippen LogP contribution in [-0.2, 0) is 6.42 Å². The average molecular weight is 339 g/mol. The van der Waals surface area contributed by atoms with Crippen LogP contribution in [0.4, 0.5) is 0 Å². The number of rotatable bonds is 4. The second-order valence-electron chi connectivity index (χ2n) is 8.35. The Hall–Kier alpha value is -1.84. The van der Waals surface area contributed by atoms with Crippen molar-refractivity contribution in [1.82, 2.24) is 5.32 Å². The quantitative estimate of drug-likeness (QED) is 0.785. The molecule has 0 bridgehead atoms. The molecular weight excluding hydrogens is 310 g/mol. The molecule has 0 unspecified atom stereocenters. The van der Waals surface area contributed by atoms with Gasteiger partial charge in [0.05, 0.1) is 6.10 Å². The molecule has 3 atom stereocenters. The fourth-order valence-corrected chi connectivity index (χ4v) is 3.82. The van der Waals surface area contributed by atoms with E-state index in [0.29, 0.717) is 11.7 Å². The third-order valence-corrected chi connectivity index (χ3v) is 4.92. The molecule has 0 aliphatic heterocycles. The third-order valence-electron chi connectivity index (χ3n) is 4.92. The average Bonchev–Trinajstić information content (AvgIpc) is 2.86. The second kappa shape index (κ2) is 7.19. The highest BCUT2D eigenvalue weighted by atomic mass is 16.3. The number of aromatic hydroxyl groups is 1. The van der Waals surface area contributed by atoms with Crippen LogP contribution in [0.3, 0.4) is 0 Å². The molecule has 3 heteroatoms. The Balaban J connectivity index is 1.61. The predicted molar refractivity (Wildman–Crippen MR) is 103 cm³/mol. The van der Waals surface area contributed by atoms with E-state index in [1.807, 2.05) is 12.1 Å². The summed E-state index contributed by atoms with van der Waals surface area (Å²) in [6.07, 6.45) is 2.65. The fraction of sp³-hybridized carbons (Fsp3) is 0.455. The minimum absolute atomic E-state index is 0.0340. The minimum Gasteiger partial charge on any atom is -0.508 e. The molecule has 3 rings (SSSR count). The van der Waals surface area contributed by atoms with Crippen LogP contribution >= 0.6 is 0 Å². The molecule has 25 heavy (non-hydrogen) atoms. The van der Waals surface area contributed by atoms with E-state index in [1.165, 1.54) is 5.56 Å². The molecule has 1 fully saturated rings. The van der Waals surface area contributed by atoms with Gasteiger partial charge in [-0.25, -0.2) is 0 Å². The Morgan fingerprint density at radius 2 is 1.48 bits per heavy atom. The van der Waals surface area contributed by atoms with Gasteiger partial charge in [-0.1, -0.05) is 36.4 Å². The van der Waals surface area contributed by atoms with Gasteiger partial charge in [-0.15, -0.1) is 0 Å². The first-order valence-corrected chi connectivity index (χ1v) is 9.14. The van der Waals surface area contributed by atoms with Crippen LogP contribution in [0, 0.1) is 5.92 Å². The molecule has 3 nitrogen and oxygen atoms in total. The summed E-state index contributed by atoms with van der Waals surface area (Å²) >= 11 is 0. The van der Waals surface area contributed by atoms with Gasteiger partial charge in [0.1, 0.15) is 5.75 Å². The summed E-state index contributed by atoms with van der Waals surface area (Å²) in [6.45, 7) is 6.44. The number of phenolic OH excluding ortho intramolecular Hbond substituents is 1. The van der Waals surface area contributed by atoms with E-state index in [-0.39, 0.29) is 17.7 Å². The Bertz CT molecular complexity index is 685. The molecular formula is C22H29NO2. The highest BCUT2D eigenvalue weighted by molar-refractivity contribution is 5.64. The second-order valence-corrected chi connectivity index (χ2v) is 8.35. The maximum atomic E-state index is 10.3.